The molecule has 0 aliphatic heterocycles. The van der Waals surface area contributed by atoms with Crippen LogP contribution in [-0.4, -0.2) is 23.2 Å². The number of methoxy groups -OCH3 is 1. The minimum Gasteiger partial charge on any atom is -0.477 e. The summed E-state index contributed by atoms with van der Waals surface area (Å²) in [4.78, 5) is 15.2. The summed E-state index contributed by atoms with van der Waals surface area (Å²) in [5.41, 5.74) is 0.503. The summed E-state index contributed by atoms with van der Waals surface area (Å²) in [5.74, 6) is -1.65. The van der Waals surface area contributed by atoms with Gasteiger partial charge in [0, 0.05) is 17.7 Å². The van der Waals surface area contributed by atoms with Crippen LogP contribution in [0.1, 0.15) is 15.4 Å². The molecule has 0 aliphatic rings. The number of carboxylic acids is 1. The van der Waals surface area contributed by atoms with E-state index in [0.717, 1.165) is 17.4 Å². The zero-order valence-corrected chi connectivity index (χ0v) is 11.4. The smallest absolute Gasteiger partial charge is 0.347 e. The van der Waals surface area contributed by atoms with Crippen molar-refractivity contribution in [3.8, 4) is 10.6 Å². The number of ether oxygens (including phenoxy) is 1. The summed E-state index contributed by atoms with van der Waals surface area (Å²) in [6.45, 7) is 0.0628. The van der Waals surface area contributed by atoms with Gasteiger partial charge in [0.2, 0.25) is 0 Å². The van der Waals surface area contributed by atoms with Gasteiger partial charge in [-0.1, -0.05) is 11.6 Å². The average Bonchev–Trinajstić information content (AvgIpc) is 2.73. The van der Waals surface area contributed by atoms with Gasteiger partial charge in [0.25, 0.3) is 0 Å². The Morgan fingerprint density at radius 3 is 2.89 bits per heavy atom. The van der Waals surface area contributed by atoms with Gasteiger partial charge in [-0.2, -0.15) is 0 Å². The molecule has 2 aromatic rings. The molecule has 4 nitrogen and oxygen atoms in total. The van der Waals surface area contributed by atoms with Gasteiger partial charge >= 0.3 is 5.97 Å². The third-order valence-electron chi connectivity index (χ3n) is 2.33. The molecule has 1 N–H and O–H groups in total. The van der Waals surface area contributed by atoms with Crippen molar-refractivity contribution in [2.24, 2.45) is 0 Å². The third kappa shape index (κ3) is 2.91. The van der Waals surface area contributed by atoms with E-state index in [2.05, 4.69) is 4.98 Å². The van der Waals surface area contributed by atoms with Gasteiger partial charge in [-0.3, -0.25) is 0 Å². The number of nitrogens with zero attached hydrogens (tertiary/aromatic N) is 1. The Labute approximate surface area is 117 Å². The van der Waals surface area contributed by atoms with Crippen molar-refractivity contribution in [2.45, 2.75) is 6.61 Å². The van der Waals surface area contributed by atoms with E-state index < -0.39 is 11.8 Å². The summed E-state index contributed by atoms with van der Waals surface area (Å²) in [6, 6.07) is 4.16. The topological polar surface area (TPSA) is 59.4 Å². The zero-order chi connectivity index (χ0) is 14.0. The lowest BCUT2D eigenvalue weighted by Crippen LogP contribution is -1.99. The number of halogens is 2. The van der Waals surface area contributed by atoms with Crippen LogP contribution in [0.2, 0.25) is 5.02 Å². The first-order chi connectivity index (χ1) is 9.02. The number of thiazole rings is 1. The first-order valence-electron chi connectivity index (χ1n) is 5.20. The molecule has 2 rings (SSSR count). The molecule has 19 heavy (non-hydrogen) atoms. The number of aromatic nitrogens is 1. The SMILES string of the molecule is COCc1nc(-c2ccc(Cl)cc2F)sc1C(=O)O. The molecule has 1 aromatic heterocycles. The van der Waals surface area contributed by atoms with Crippen molar-refractivity contribution >= 4 is 28.9 Å². The molecule has 0 radical (unpaired) electrons. The average molecular weight is 302 g/mol. The predicted molar refractivity (Wildman–Crippen MR) is 70.2 cm³/mol. The number of hydrogen-bond donors (Lipinski definition) is 1. The fourth-order valence-electron chi connectivity index (χ4n) is 1.53. The Bertz CT molecular complexity index is 629. The number of rotatable bonds is 4. The molecule has 1 heterocycles. The van der Waals surface area contributed by atoms with E-state index in [1.165, 1.54) is 19.2 Å². The van der Waals surface area contributed by atoms with Gasteiger partial charge in [0.15, 0.2) is 0 Å². The molecule has 0 bridgehead atoms. The second-order valence-corrected chi connectivity index (χ2v) is 5.09. The number of benzene rings is 1. The second kappa shape index (κ2) is 5.64. The minimum atomic E-state index is -1.11. The highest BCUT2D eigenvalue weighted by Crippen LogP contribution is 2.31. The maximum Gasteiger partial charge on any atom is 0.347 e. The van der Waals surface area contributed by atoms with Crippen molar-refractivity contribution in [1.82, 2.24) is 4.98 Å². The van der Waals surface area contributed by atoms with Crippen LogP contribution in [0.25, 0.3) is 10.6 Å². The van der Waals surface area contributed by atoms with Crippen LogP contribution in [0.3, 0.4) is 0 Å². The van der Waals surface area contributed by atoms with Gasteiger partial charge in [-0.05, 0) is 18.2 Å². The number of aromatic carboxylic acids is 1. The largest absolute Gasteiger partial charge is 0.477 e. The Hall–Kier alpha value is -1.50. The molecule has 0 fully saturated rings. The van der Waals surface area contributed by atoms with E-state index in [4.69, 9.17) is 21.4 Å². The van der Waals surface area contributed by atoms with Crippen LogP contribution in [0, 0.1) is 5.82 Å². The highest BCUT2D eigenvalue weighted by atomic mass is 35.5. The van der Waals surface area contributed by atoms with E-state index in [1.54, 1.807) is 0 Å². The standard InChI is InChI=1S/C12H9ClFNO3S/c1-18-5-9-10(12(16)17)19-11(15-9)7-3-2-6(13)4-8(7)14/h2-4H,5H2,1H3,(H,16,17). The normalized spacial score (nSPS) is 10.7. The number of hydrogen-bond acceptors (Lipinski definition) is 4. The summed E-state index contributed by atoms with van der Waals surface area (Å²) >= 11 is 6.58. The lowest BCUT2D eigenvalue weighted by Gasteiger charge is -1.99. The van der Waals surface area contributed by atoms with Crippen LogP contribution in [-0.2, 0) is 11.3 Å². The first kappa shape index (κ1) is 13.9. The van der Waals surface area contributed by atoms with Crippen molar-refractivity contribution in [2.75, 3.05) is 7.11 Å². The Balaban J connectivity index is 2.50. The Morgan fingerprint density at radius 1 is 1.58 bits per heavy atom. The highest BCUT2D eigenvalue weighted by molar-refractivity contribution is 7.17. The lowest BCUT2D eigenvalue weighted by atomic mass is 10.2. The maximum absolute atomic E-state index is 13.8. The number of carbonyl (C=O) groups is 1. The summed E-state index contributed by atoms with van der Waals surface area (Å²) in [7, 11) is 1.44. The van der Waals surface area contributed by atoms with E-state index in [1.807, 2.05) is 0 Å². The van der Waals surface area contributed by atoms with Gasteiger partial charge in [0.05, 0.1) is 12.3 Å². The highest BCUT2D eigenvalue weighted by Gasteiger charge is 2.19. The van der Waals surface area contributed by atoms with Crippen molar-refractivity contribution in [3.05, 3.63) is 39.6 Å². The lowest BCUT2D eigenvalue weighted by molar-refractivity contribution is 0.0697. The maximum atomic E-state index is 13.8. The molecule has 0 amide bonds. The van der Waals surface area contributed by atoms with Crippen LogP contribution in [0.5, 0.6) is 0 Å². The number of carboxylic acid groups (broad SMARTS) is 1. The fraction of sp³-hybridized carbons (Fsp3) is 0.167. The molecule has 0 unspecified atom stereocenters. The Morgan fingerprint density at radius 2 is 2.32 bits per heavy atom. The molecule has 0 saturated carbocycles. The second-order valence-electron chi connectivity index (χ2n) is 3.66. The van der Waals surface area contributed by atoms with Crippen molar-refractivity contribution < 1.29 is 19.0 Å². The molecule has 0 aliphatic carbocycles. The van der Waals surface area contributed by atoms with E-state index in [-0.39, 0.29) is 27.8 Å². The molecular weight excluding hydrogens is 293 g/mol. The summed E-state index contributed by atoms with van der Waals surface area (Å²) in [6.07, 6.45) is 0. The predicted octanol–water partition coefficient (Wildman–Crippen LogP) is 3.45. The van der Waals surface area contributed by atoms with Crippen molar-refractivity contribution in [3.63, 3.8) is 0 Å². The van der Waals surface area contributed by atoms with Gasteiger partial charge in [-0.25, -0.2) is 14.2 Å². The third-order valence-corrected chi connectivity index (χ3v) is 3.69. The summed E-state index contributed by atoms with van der Waals surface area (Å²) in [5, 5.41) is 9.63. The van der Waals surface area contributed by atoms with E-state index in [0.29, 0.717) is 5.01 Å². The quantitative estimate of drug-likeness (QED) is 0.939. The molecule has 7 heteroatoms. The van der Waals surface area contributed by atoms with Crippen LogP contribution >= 0.6 is 22.9 Å². The van der Waals surface area contributed by atoms with Gasteiger partial charge in [0.1, 0.15) is 15.7 Å². The first-order valence-corrected chi connectivity index (χ1v) is 6.39. The molecule has 1 aromatic carbocycles. The summed E-state index contributed by atoms with van der Waals surface area (Å²) < 4.78 is 18.7. The van der Waals surface area contributed by atoms with Gasteiger partial charge < -0.3 is 9.84 Å². The van der Waals surface area contributed by atoms with Crippen molar-refractivity contribution in [1.29, 1.82) is 0 Å². The van der Waals surface area contributed by atoms with Gasteiger partial charge in [-0.15, -0.1) is 11.3 Å². The molecule has 0 saturated heterocycles. The molecule has 0 spiro atoms. The van der Waals surface area contributed by atoms with E-state index in [9.17, 15) is 9.18 Å². The molecular formula is C12H9ClFNO3S. The van der Waals surface area contributed by atoms with Crippen LogP contribution in [0.15, 0.2) is 18.2 Å². The Kier molecular flexibility index (Phi) is 4.14. The zero-order valence-electron chi connectivity index (χ0n) is 9.81. The monoisotopic (exact) mass is 301 g/mol. The van der Waals surface area contributed by atoms with Crippen LogP contribution in [0.4, 0.5) is 4.39 Å². The minimum absolute atomic E-state index is 0.0474. The van der Waals surface area contributed by atoms with Crippen LogP contribution < -0.4 is 0 Å². The molecule has 100 valence electrons. The van der Waals surface area contributed by atoms with E-state index >= 15 is 0 Å². The fourth-order valence-corrected chi connectivity index (χ4v) is 2.62. The molecule has 0 atom stereocenters.